The number of hydrogen-bond donors (Lipinski definition) is 1. The average molecular weight is 239 g/mol. The van der Waals surface area contributed by atoms with E-state index in [0.717, 1.165) is 37.9 Å². The molecule has 0 aromatic rings. The SMILES string of the molecule is CCC1CCCCC1N1CCC(C(=O)O)CC1. The molecule has 2 aliphatic rings. The first-order valence-electron chi connectivity index (χ1n) is 7.19. The van der Waals surface area contributed by atoms with Gasteiger partial charge >= 0.3 is 5.97 Å². The van der Waals surface area contributed by atoms with E-state index in [9.17, 15) is 4.79 Å². The third-order valence-corrected chi connectivity index (χ3v) is 4.74. The molecule has 0 aromatic carbocycles. The summed E-state index contributed by atoms with van der Waals surface area (Å²) >= 11 is 0. The molecule has 1 aliphatic carbocycles. The third kappa shape index (κ3) is 3.01. The zero-order chi connectivity index (χ0) is 12.3. The molecule has 1 heterocycles. The molecule has 0 amide bonds. The van der Waals surface area contributed by atoms with E-state index in [4.69, 9.17) is 5.11 Å². The summed E-state index contributed by atoms with van der Waals surface area (Å²) in [6.45, 7) is 4.29. The molecule has 1 saturated carbocycles. The molecule has 2 fully saturated rings. The maximum Gasteiger partial charge on any atom is 0.306 e. The highest BCUT2D eigenvalue weighted by atomic mass is 16.4. The Hall–Kier alpha value is -0.570. The standard InChI is InChI=1S/C14H25NO2/c1-2-11-5-3-4-6-13(11)15-9-7-12(8-10-15)14(16)17/h11-13H,2-10H2,1H3,(H,16,17). The maximum absolute atomic E-state index is 10.9. The van der Waals surface area contributed by atoms with Crippen LogP contribution in [-0.4, -0.2) is 35.1 Å². The highest BCUT2D eigenvalue weighted by Crippen LogP contribution is 2.33. The van der Waals surface area contributed by atoms with Crippen LogP contribution in [0.25, 0.3) is 0 Å². The van der Waals surface area contributed by atoms with Gasteiger partial charge in [0, 0.05) is 6.04 Å². The Labute approximate surface area is 104 Å². The summed E-state index contributed by atoms with van der Waals surface area (Å²) < 4.78 is 0. The van der Waals surface area contributed by atoms with Crippen molar-refractivity contribution in [2.75, 3.05) is 13.1 Å². The predicted molar refractivity (Wildman–Crippen MR) is 68.0 cm³/mol. The molecule has 98 valence electrons. The summed E-state index contributed by atoms with van der Waals surface area (Å²) in [4.78, 5) is 13.5. The topological polar surface area (TPSA) is 40.5 Å². The number of nitrogens with zero attached hydrogens (tertiary/aromatic N) is 1. The van der Waals surface area contributed by atoms with E-state index in [1.165, 1.54) is 32.1 Å². The van der Waals surface area contributed by atoms with E-state index < -0.39 is 5.97 Å². The number of carboxylic acid groups (broad SMARTS) is 1. The minimum atomic E-state index is -0.597. The summed E-state index contributed by atoms with van der Waals surface area (Å²) in [5, 5.41) is 9.01. The highest BCUT2D eigenvalue weighted by molar-refractivity contribution is 5.70. The van der Waals surface area contributed by atoms with Crippen LogP contribution < -0.4 is 0 Å². The van der Waals surface area contributed by atoms with Crippen LogP contribution in [0.3, 0.4) is 0 Å². The quantitative estimate of drug-likeness (QED) is 0.823. The molecule has 17 heavy (non-hydrogen) atoms. The van der Waals surface area contributed by atoms with Gasteiger partial charge in [0.25, 0.3) is 0 Å². The maximum atomic E-state index is 10.9. The number of carboxylic acids is 1. The van der Waals surface area contributed by atoms with Gasteiger partial charge in [-0.3, -0.25) is 4.79 Å². The molecular weight excluding hydrogens is 214 g/mol. The van der Waals surface area contributed by atoms with Crippen molar-refractivity contribution in [3.8, 4) is 0 Å². The largest absolute Gasteiger partial charge is 0.481 e. The van der Waals surface area contributed by atoms with E-state index in [2.05, 4.69) is 11.8 Å². The molecule has 0 bridgehead atoms. The van der Waals surface area contributed by atoms with Crippen molar-refractivity contribution in [1.82, 2.24) is 4.90 Å². The molecule has 3 heteroatoms. The zero-order valence-electron chi connectivity index (χ0n) is 10.9. The van der Waals surface area contributed by atoms with E-state index >= 15 is 0 Å². The molecule has 2 atom stereocenters. The lowest BCUT2D eigenvalue weighted by Gasteiger charge is -2.42. The fourth-order valence-corrected chi connectivity index (χ4v) is 3.62. The van der Waals surface area contributed by atoms with Gasteiger partial charge < -0.3 is 10.0 Å². The first-order chi connectivity index (χ1) is 8.22. The van der Waals surface area contributed by atoms with E-state index in [-0.39, 0.29) is 5.92 Å². The fraction of sp³-hybridized carbons (Fsp3) is 0.929. The Morgan fingerprint density at radius 1 is 1.18 bits per heavy atom. The van der Waals surface area contributed by atoms with Crippen molar-refractivity contribution in [2.24, 2.45) is 11.8 Å². The van der Waals surface area contributed by atoms with Crippen LogP contribution in [0.5, 0.6) is 0 Å². The highest BCUT2D eigenvalue weighted by Gasteiger charge is 2.33. The summed E-state index contributed by atoms with van der Waals surface area (Å²) in [5.74, 6) is 0.167. The molecule has 1 saturated heterocycles. The minimum absolute atomic E-state index is 0.0880. The lowest BCUT2D eigenvalue weighted by molar-refractivity contribution is -0.143. The molecule has 2 unspecified atom stereocenters. The van der Waals surface area contributed by atoms with Crippen LogP contribution in [0.1, 0.15) is 51.9 Å². The van der Waals surface area contributed by atoms with Crippen LogP contribution in [0.2, 0.25) is 0 Å². The van der Waals surface area contributed by atoms with Crippen molar-refractivity contribution in [3.05, 3.63) is 0 Å². The van der Waals surface area contributed by atoms with Gasteiger partial charge in [0.1, 0.15) is 0 Å². The third-order valence-electron chi connectivity index (χ3n) is 4.74. The molecule has 1 N–H and O–H groups in total. The molecular formula is C14H25NO2. The molecule has 0 radical (unpaired) electrons. The van der Waals surface area contributed by atoms with Gasteiger partial charge in [0.05, 0.1) is 5.92 Å². The van der Waals surface area contributed by atoms with Gasteiger partial charge in [-0.25, -0.2) is 0 Å². The van der Waals surface area contributed by atoms with Gasteiger partial charge in [0.15, 0.2) is 0 Å². The number of carbonyl (C=O) groups is 1. The Bertz CT molecular complexity index is 259. The van der Waals surface area contributed by atoms with Crippen molar-refractivity contribution in [3.63, 3.8) is 0 Å². The van der Waals surface area contributed by atoms with E-state index in [0.29, 0.717) is 0 Å². The van der Waals surface area contributed by atoms with Gasteiger partial charge in [-0.2, -0.15) is 0 Å². The average Bonchev–Trinajstić information content (AvgIpc) is 2.39. The minimum Gasteiger partial charge on any atom is -0.481 e. The zero-order valence-corrected chi connectivity index (χ0v) is 10.9. The Morgan fingerprint density at radius 3 is 2.41 bits per heavy atom. The van der Waals surface area contributed by atoms with Crippen molar-refractivity contribution < 1.29 is 9.90 Å². The molecule has 1 aliphatic heterocycles. The van der Waals surface area contributed by atoms with Crippen LogP contribution in [0.15, 0.2) is 0 Å². The van der Waals surface area contributed by atoms with Crippen LogP contribution in [-0.2, 0) is 4.79 Å². The number of likely N-dealkylation sites (tertiary alicyclic amines) is 1. The summed E-state index contributed by atoms with van der Waals surface area (Å²) in [5.41, 5.74) is 0. The normalized spacial score (nSPS) is 32.5. The smallest absolute Gasteiger partial charge is 0.306 e. The molecule has 0 spiro atoms. The Kier molecular flexibility index (Phi) is 4.43. The summed E-state index contributed by atoms with van der Waals surface area (Å²) in [6, 6.07) is 0.739. The van der Waals surface area contributed by atoms with E-state index in [1.807, 2.05) is 0 Å². The van der Waals surface area contributed by atoms with Crippen molar-refractivity contribution in [2.45, 2.75) is 57.9 Å². The van der Waals surface area contributed by atoms with E-state index in [1.54, 1.807) is 0 Å². The fourth-order valence-electron chi connectivity index (χ4n) is 3.62. The lowest BCUT2D eigenvalue weighted by atomic mass is 9.80. The van der Waals surface area contributed by atoms with Gasteiger partial charge in [-0.15, -0.1) is 0 Å². The molecule has 3 nitrogen and oxygen atoms in total. The number of hydrogen-bond acceptors (Lipinski definition) is 2. The Balaban J connectivity index is 1.88. The number of rotatable bonds is 3. The molecule has 0 aromatic heterocycles. The first-order valence-corrected chi connectivity index (χ1v) is 7.19. The number of aliphatic carboxylic acids is 1. The van der Waals surface area contributed by atoms with Crippen molar-refractivity contribution in [1.29, 1.82) is 0 Å². The Morgan fingerprint density at radius 2 is 1.82 bits per heavy atom. The second-order valence-electron chi connectivity index (χ2n) is 5.67. The molecule has 2 rings (SSSR count). The predicted octanol–water partition coefficient (Wildman–Crippen LogP) is 2.75. The lowest BCUT2D eigenvalue weighted by Crippen LogP contribution is -2.47. The van der Waals surface area contributed by atoms with Crippen LogP contribution >= 0.6 is 0 Å². The van der Waals surface area contributed by atoms with Gasteiger partial charge in [-0.05, 0) is 44.7 Å². The summed E-state index contributed by atoms with van der Waals surface area (Å²) in [7, 11) is 0. The van der Waals surface area contributed by atoms with Crippen LogP contribution in [0, 0.1) is 11.8 Å². The first kappa shape index (κ1) is 12.9. The summed E-state index contributed by atoms with van der Waals surface area (Å²) in [6.07, 6.45) is 8.44. The van der Waals surface area contributed by atoms with Crippen LogP contribution in [0.4, 0.5) is 0 Å². The van der Waals surface area contributed by atoms with Crippen molar-refractivity contribution >= 4 is 5.97 Å². The monoisotopic (exact) mass is 239 g/mol. The van der Waals surface area contributed by atoms with Gasteiger partial charge in [0.2, 0.25) is 0 Å². The second kappa shape index (κ2) is 5.85. The second-order valence-corrected chi connectivity index (χ2v) is 5.67. The number of piperidine rings is 1. The van der Waals surface area contributed by atoms with Gasteiger partial charge in [-0.1, -0.05) is 26.2 Å².